The standard InChI is InChI=1S/C30H34N2O4/c1-19-12-13-21(35-26-15-14-25(26)31-28(34)36-29(2,3)4)18-23(19)27(33)32-30(16-17-30)24-11-7-9-20-8-5-6-10-22(20)24/h5-13,18,25-26H,14-17H2,1-4H3,(H,31,34)(H,32,33)/t25-,26+/m1/s1. The summed E-state index contributed by atoms with van der Waals surface area (Å²) in [7, 11) is 0. The molecule has 6 heteroatoms. The number of hydrogen-bond donors (Lipinski definition) is 2. The van der Waals surface area contributed by atoms with Gasteiger partial charge in [-0.05, 0) is 87.4 Å². The monoisotopic (exact) mass is 486 g/mol. The molecule has 2 atom stereocenters. The summed E-state index contributed by atoms with van der Waals surface area (Å²) < 4.78 is 11.5. The zero-order valence-corrected chi connectivity index (χ0v) is 21.4. The van der Waals surface area contributed by atoms with E-state index in [2.05, 4.69) is 41.0 Å². The Hall–Kier alpha value is -3.54. The number of carbonyl (C=O) groups is 2. The lowest BCUT2D eigenvalue weighted by atomic mass is 9.89. The van der Waals surface area contributed by atoms with Gasteiger partial charge >= 0.3 is 6.09 Å². The number of ether oxygens (including phenoxy) is 2. The molecule has 2 aliphatic carbocycles. The Kier molecular flexibility index (Phi) is 6.15. The molecule has 0 saturated heterocycles. The van der Waals surface area contributed by atoms with Crippen molar-refractivity contribution in [3.05, 3.63) is 77.4 Å². The third-order valence-electron chi connectivity index (χ3n) is 7.06. The fourth-order valence-corrected chi connectivity index (χ4v) is 4.84. The number of carbonyl (C=O) groups excluding carboxylic acids is 2. The third kappa shape index (κ3) is 5.03. The normalized spacial score (nSPS) is 20.2. The van der Waals surface area contributed by atoms with E-state index in [1.165, 1.54) is 16.3 Å². The lowest BCUT2D eigenvalue weighted by Gasteiger charge is -2.37. The first-order chi connectivity index (χ1) is 17.1. The number of benzene rings is 3. The molecule has 0 aromatic heterocycles. The highest BCUT2D eigenvalue weighted by Gasteiger charge is 2.46. The molecule has 0 unspecified atom stereocenters. The molecule has 0 bridgehead atoms. The molecule has 5 rings (SSSR count). The zero-order chi connectivity index (χ0) is 25.5. The highest BCUT2D eigenvalue weighted by Crippen LogP contribution is 2.48. The highest BCUT2D eigenvalue weighted by atomic mass is 16.6. The summed E-state index contributed by atoms with van der Waals surface area (Å²) in [4.78, 5) is 25.6. The molecule has 2 saturated carbocycles. The summed E-state index contributed by atoms with van der Waals surface area (Å²) in [5.41, 5.74) is 1.79. The van der Waals surface area contributed by atoms with E-state index in [9.17, 15) is 9.59 Å². The second-order valence-corrected chi connectivity index (χ2v) is 11.0. The number of rotatable bonds is 6. The first kappa shape index (κ1) is 24.2. The van der Waals surface area contributed by atoms with E-state index in [1.807, 2.05) is 58.0 Å². The first-order valence-electron chi connectivity index (χ1n) is 12.7. The Labute approximate surface area is 212 Å². The van der Waals surface area contributed by atoms with Crippen molar-refractivity contribution >= 4 is 22.8 Å². The number of fused-ring (bicyclic) bond motifs is 1. The maximum Gasteiger partial charge on any atom is 0.408 e. The average Bonchev–Trinajstić information content (AvgIpc) is 3.60. The molecule has 2 amide bonds. The summed E-state index contributed by atoms with van der Waals surface area (Å²) in [5.74, 6) is 0.530. The summed E-state index contributed by atoms with van der Waals surface area (Å²) in [5, 5.41) is 8.59. The summed E-state index contributed by atoms with van der Waals surface area (Å²) >= 11 is 0. The third-order valence-corrected chi connectivity index (χ3v) is 7.06. The van der Waals surface area contributed by atoms with Gasteiger partial charge < -0.3 is 20.1 Å². The minimum Gasteiger partial charge on any atom is -0.488 e. The van der Waals surface area contributed by atoms with Crippen molar-refractivity contribution < 1.29 is 19.1 Å². The van der Waals surface area contributed by atoms with Gasteiger partial charge in [0, 0.05) is 5.56 Å². The number of nitrogens with one attached hydrogen (secondary N) is 2. The van der Waals surface area contributed by atoms with Crippen molar-refractivity contribution in [2.45, 2.75) is 76.7 Å². The Bertz CT molecular complexity index is 1300. The van der Waals surface area contributed by atoms with E-state index in [1.54, 1.807) is 0 Å². The molecule has 0 spiro atoms. The van der Waals surface area contributed by atoms with Crippen LogP contribution in [-0.4, -0.2) is 29.7 Å². The van der Waals surface area contributed by atoms with Crippen LogP contribution in [0, 0.1) is 6.92 Å². The molecular weight excluding hydrogens is 452 g/mol. The number of amides is 2. The van der Waals surface area contributed by atoms with Crippen LogP contribution in [0.3, 0.4) is 0 Å². The second-order valence-electron chi connectivity index (χ2n) is 11.0. The van der Waals surface area contributed by atoms with Gasteiger partial charge in [-0.3, -0.25) is 4.79 Å². The van der Waals surface area contributed by atoms with Crippen molar-refractivity contribution in [3.63, 3.8) is 0 Å². The predicted molar refractivity (Wildman–Crippen MR) is 140 cm³/mol. The molecule has 2 aliphatic rings. The molecule has 188 valence electrons. The second kappa shape index (κ2) is 9.16. The van der Waals surface area contributed by atoms with Crippen molar-refractivity contribution in [3.8, 4) is 5.75 Å². The molecule has 3 aromatic rings. The Morgan fingerprint density at radius 2 is 1.72 bits per heavy atom. The SMILES string of the molecule is Cc1ccc(O[C@H]2CC[C@H]2NC(=O)OC(C)(C)C)cc1C(=O)NC1(c2cccc3ccccc23)CC1. The molecular formula is C30H34N2O4. The molecule has 2 N–H and O–H groups in total. The number of hydrogen-bond acceptors (Lipinski definition) is 4. The van der Waals surface area contributed by atoms with Crippen molar-refractivity contribution in [2.24, 2.45) is 0 Å². The van der Waals surface area contributed by atoms with Crippen LogP contribution >= 0.6 is 0 Å². The lowest BCUT2D eigenvalue weighted by molar-refractivity contribution is 0.0293. The van der Waals surface area contributed by atoms with Gasteiger partial charge in [0.2, 0.25) is 0 Å². The maximum absolute atomic E-state index is 13.5. The Morgan fingerprint density at radius 3 is 2.42 bits per heavy atom. The lowest BCUT2D eigenvalue weighted by Crippen LogP contribution is -2.53. The van der Waals surface area contributed by atoms with Gasteiger partial charge in [0.05, 0.1) is 11.6 Å². The zero-order valence-electron chi connectivity index (χ0n) is 21.4. The summed E-state index contributed by atoms with van der Waals surface area (Å²) in [6, 6.07) is 20.1. The van der Waals surface area contributed by atoms with E-state index >= 15 is 0 Å². The van der Waals surface area contributed by atoms with E-state index in [0.717, 1.165) is 31.2 Å². The van der Waals surface area contributed by atoms with Gasteiger partial charge in [0.25, 0.3) is 5.91 Å². The molecule has 0 radical (unpaired) electrons. The topological polar surface area (TPSA) is 76.7 Å². The minimum atomic E-state index is -0.547. The minimum absolute atomic E-state index is 0.0968. The maximum atomic E-state index is 13.5. The van der Waals surface area contributed by atoms with Gasteiger partial charge in [-0.1, -0.05) is 48.5 Å². The summed E-state index contributed by atoms with van der Waals surface area (Å²) in [6.45, 7) is 7.46. The van der Waals surface area contributed by atoms with Crippen LogP contribution in [-0.2, 0) is 10.3 Å². The van der Waals surface area contributed by atoms with Crippen molar-refractivity contribution in [2.75, 3.05) is 0 Å². The predicted octanol–water partition coefficient (Wildman–Crippen LogP) is 6.00. The fourth-order valence-electron chi connectivity index (χ4n) is 4.84. The van der Waals surface area contributed by atoms with Crippen LogP contribution in [0.1, 0.15) is 67.9 Å². The molecule has 3 aromatic carbocycles. The van der Waals surface area contributed by atoms with E-state index < -0.39 is 11.7 Å². The van der Waals surface area contributed by atoms with Gasteiger partial charge in [-0.2, -0.15) is 0 Å². The quantitative estimate of drug-likeness (QED) is 0.448. The van der Waals surface area contributed by atoms with Crippen LogP contribution in [0.2, 0.25) is 0 Å². The van der Waals surface area contributed by atoms with Crippen LogP contribution in [0.4, 0.5) is 4.79 Å². The largest absolute Gasteiger partial charge is 0.488 e. The van der Waals surface area contributed by atoms with E-state index in [0.29, 0.717) is 11.3 Å². The van der Waals surface area contributed by atoms with Crippen LogP contribution in [0.5, 0.6) is 5.75 Å². The number of alkyl carbamates (subject to hydrolysis) is 1. The molecule has 0 heterocycles. The van der Waals surface area contributed by atoms with Crippen LogP contribution < -0.4 is 15.4 Å². The van der Waals surface area contributed by atoms with Gasteiger partial charge in [-0.15, -0.1) is 0 Å². The van der Waals surface area contributed by atoms with E-state index in [-0.39, 0.29) is 23.6 Å². The van der Waals surface area contributed by atoms with Crippen LogP contribution in [0.15, 0.2) is 60.7 Å². The van der Waals surface area contributed by atoms with E-state index in [4.69, 9.17) is 9.47 Å². The van der Waals surface area contributed by atoms with Gasteiger partial charge in [0.1, 0.15) is 17.5 Å². The molecule has 36 heavy (non-hydrogen) atoms. The van der Waals surface area contributed by atoms with Crippen molar-refractivity contribution in [1.82, 2.24) is 10.6 Å². The molecule has 0 aliphatic heterocycles. The first-order valence-corrected chi connectivity index (χ1v) is 12.7. The fraction of sp³-hybridized carbons (Fsp3) is 0.400. The highest BCUT2D eigenvalue weighted by molar-refractivity contribution is 5.97. The average molecular weight is 487 g/mol. The smallest absolute Gasteiger partial charge is 0.408 e. The Morgan fingerprint density at radius 1 is 0.972 bits per heavy atom. The molecule has 6 nitrogen and oxygen atoms in total. The molecule has 2 fully saturated rings. The summed E-state index contributed by atoms with van der Waals surface area (Å²) in [6.07, 6.45) is 2.91. The van der Waals surface area contributed by atoms with Crippen LogP contribution in [0.25, 0.3) is 10.8 Å². The number of aryl methyl sites for hydroxylation is 1. The van der Waals surface area contributed by atoms with Gasteiger partial charge in [-0.25, -0.2) is 4.79 Å². The Balaban J connectivity index is 1.28. The van der Waals surface area contributed by atoms with Crippen molar-refractivity contribution in [1.29, 1.82) is 0 Å². The van der Waals surface area contributed by atoms with Gasteiger partial charge in [0.15, 0.2) is 0 Å².